The van der Waals surface area contributed by atoms with E-state index in [1.807, 2.05) is 0 Å². The fourth-order valence-electron chi connectivity index (χ4n) is 2.33. The summed E-state index contributed by atoms with van der Waals surface area (Å²) in [6, 6.07) is 0. The molecule has 0 atom stereocenters. The molecule has 1 saturated carbocycles. The van der Waals surface area contributed by atoms with E-state index >= 15 is 0 Å². The van der Waals surface area contributed by atoms with Crippen molar-refractivity contribution in [2.24, 2.45) is 5.41 Å². The Labute approximate surface area is 116 Å². The van der Waals surface area contributed by atoms with Gasteiger partial charge in [-0.3, -0.25) is 4.79 Å². The summed E-state index contributed by atoms with van der Waals surface area (Å²) in [6.07, 6.45) is 3.67. The Morgan fingerprint density at radius 3 is 2.47 bits per heavy atom. The summed E-state index contributed by atoms with van der Waals surface area (Å²) in [5.74, 6) is -0.0585. The maximum Gasteiger partial charge on any atom is 0.234 e. The zero-order valence-corrected chi connectivity index (χ0v) is 12.4. The number of nitrogens with one attached hydrogen (secondary N) is 2. The standard InChI is InChI=1S/C14H28N2O3/c1-13(2)4-6-14(18,7-5-13)11-15-10-12(17)16-8-9-19-3/h15,18H,4-11H2,1-3H3,(H,16,17). The average Bonchev–Trinajstić information content (AvgIpc) is 2.34. The molecule has 0 saturated heterocycles. The highest BCUT2D eigenvalue weighted by Crippen LogP contribution is 2.39. The molecular weight excluding hydrogens is 244 g/mol. The van der Waals surface area contributed by atoms with Gasteiger partial charge in [0.15, 0.2) is 0 Å². The van der Waals surface area contributed by atoms with Gasteiger partial charge in [-0.25, -0.2) is 0 Å². The van der Waals surface area contributed by atoms with Crippen LogP contribution in [-0.2, 0) is 9.53 Å². The highest BCUT2D eigenvalue weighted by Gasteiger charge is 2.36. The van der Waals surface area contributed by atoms with Gasteiger partial charge < -0.3 is 20.5 Å². The zero-order valence-electron chi connectivity index (χ0n) is 12.4. The van der Waals surface area contributed by atoms with Crippen LogP contribution in [-0.4, -0.2) is 50.0 Å². The van der Waals surface area contributed by atoms with E-state index in [1.54, 1.807) is 7.11 Å². The third kappa shape index (κ3) is 6.36. The molecule has 112 valence electrons. The first-order chi connectivity index (χ1) is 8.87. The van der Waals surface area contributed by atoms with Crippen LogP contribution in [0, 0.1) is 5.41 Å². The first-order valence-corrected chi connectivity index (χ1v) is 7.06. The van der Waals surface area contributed by atoms with Crippen molar-refractivity contribution in [2.75, 3.05) is 33.4 Å². The molecule has 0 heterocycles. The number of methoxy groups -OCH3 is 1. The summed E-state index contributed by atoms with van der Waals surface area (Å²) in [5, 5.41) is 16.2. The van der Waals surface area contributed by atoms with E-state index in [9.17, 15) is 9.90 Å². The maximum absolute atomic E-state index is 11.5. The number of aliphatic hydroxyl groups is 1. The first kappa shape index (κ1) is 16.4. The Hall–Kier alpha value is -0.650. The smallest absolute Gasteiger partial charge is 0.234 e. The summed E-state index contributed by atoms with van der Waals surface area (Å²) < 4.78 is 4.85. The van der Waals surface area contributed by atoms with E-state index in [4.69, 9.17) is 4.74 Å². The molecule has 0 aromatic rings. The van der Waals surface area contributed by atoms with E-state index in [-0.39, 0.29) is 12.5 Å². The SMILES string of the molecule is COCCNC(=O)CNCC1(O)CCC(C)(C)CC1. The Kier molecular flexibility index (Phi) is 6.23. The number of carbonyl (C=O) groups is 1. The van der Waals surface area contributed by atoms with Crippen LogP contribution in [0.15, 0.2) is 0 Å². The van der Waals surface area contributed by atoms with Gasteiger partial charge in [0, 0.05) is 20.2 Å². The highest BCUT2D eigenvalue weighted by atomic mass is 16.5. The summed E-state index contributed by atoms with van der Waals surface area (Å²) in [7, 11) is 1.60. The quantitative estimate of drug-likeness (QED) is 0.596. The number of amides is 1. The molecule has 1 rings (SSSR count). The number of rotatable bonds is 7. The molecular formula is C14H28N2O3. The van der Waals surface area contributed by atoms with E-state index in [2.05, 4.69) is 24.5 Å². The molecule has 5 heteroatoms. The summed E-state index contributed by atoms with van der Waals surface area (Å²) in [4.78, 5) is 11.5. The van der Waals surface area contributed by atoms with E-state index in [0.29, 0.717) is 25.1 Å². The fraction of sp³-hybridized carbons (Fsp3) is 0.929. The number of hydrogen-bond donors (Lipinski definition) is 3. The number of ether oxygens (including phenoxy) is 1. The summed E-state index contributed by atoms with van der Waals surface area (Å²) >= 11 is 0. The molecule has 1 aliphatic rings. The number of hydrogen-bond acceptors (Lipinski definition) is 4. The normalized spacial score (nSPS) is 21.1. The molecule has 0 bridgehead atoms. The van der Waals surface area contributed by atoms with Crippen molar-refractivity contribution in [3.8, 4) is 0 Å². The van der Waals surface area contributed by atoms with Crippen LogP contribution >= 0.6 is 0 Å². The summed E-state index contributed by atoms with van der Waals surface area (Å²) in [5.41, 5.74) is -0.313. The minimum Gasteiger partial charge on any atom is -0.389 e. The van der Waals surface area contributed by atoms with Gasteiger partial charge in [0.05, 0.1) is 18.8 Å². The fourth-order valence-corrected chi connectivity index (χ4v) is 2.33. The lowest BCUT2D eigenvalue weighted by molar-refractivity contribution is -0.120. The van der Waals surface area contributed by atoms with Gasteiger partial charge in [0.1, 0.15) is 0 Å². The van der Waals surface area contributed by atoms with Crippen molar-refractivity contribution < 1.29 is 14.6 Å². The van der Waals surface area contributed by atoms with Gasteiger partial charge in [-0.2, -0.15) is 0 Å². The molecule has 0 unspecified atom stereocenters. The Balaban J connectivity index is 2.16. The van der Waals surface area contributed by atoms with E-state index in [0.717, 1.165) is 25.7 Å². The molecule has 0 radical (unpaired) electrons. The van der Waals surface area contributed by atoms with E-state index in [1.165, 1.54) is 0 Å². The Morgan fingerprint density at radius 1 is 1.26 bits per heavy atom. The third-order valence-electron chi connectivity index (χ3n) is 3.90. The lowest BCUT2D eigenvalue weighted by atomic mass is 9.71. The van der Waals surface area contributed by atoms with Crippen molar-refractivity contribution in [2.45, 2.75) is 45.1 Å². The van der Waals surface area contributed by atoms with Gasteiger partial charge in [-0.15, -0.1) is 0 Å². The molecule has 19 heavy (non-hydrogen) atoms. The molecule has 0 aliphatic heterocycles. The third-order valence-corrected chi connectivity index (χ3v) is 3.90. The molecule has 1 amide bonds. The minimum absolute atomic E-state index is 0.0585. The van der Waals surface area contributed by atoms with Crippen molar-refractivity contribution in [1.29, 1.82) is 0 Å². The van der Waals surface area contributed by atoms with Gasteiger partial charge in [0.25, 0.3) is 0 Å². The maximum atomic E-state index is 11.5. The lowest BCUT2D eigenvalue weighted by Gasteiger charge is -2.40. The second-order valence-electron chi connectivity index (χ2n) is 6.33. The van der Waals surface area contributed by atoms with Crippen molar-refractivity contribution >= 4 is 5.91 Å². The molecule has 1 aliphatic carbocycles. The van der Waals surface area contributed by atoms with Crippen LogP contribution in [0.4, 0.5) is 0 Å². The van der Waals surface area contributed by atoms with Gasteiger partial charge >= 0.3 is 0 Å². The van der Waals surface area contributed by atoms with Crippen LogP contribution in [0.2, 0.25) is 0 Å². The highest BCUT2D eigenvalue weighted by molar-refractivity contribution is 5.77. The molecule has 0 spiro atoms. The minimum atomic E-state index is -0.650. The van der Waals surface area contributed by atoms with Crippen molar-refractivity contribution in [3.63, 3.8) is 0 Å². The molecule has 1 fully saturated rings. The summed E-state index contributed by atoms with van der Waals surface area (Å²) in [6.45, 7) is 6.25. The topological polar surface area (TPSA) is 70.6 Å². The first-order valence-electron chi connectivity index (χ1n) is 7.06. The van der Waals surface area contributed by atoms with Crippen LogP contribution in [0.3, 0.4) is 0 Å². The Morgan fingerprint density at radius 2 is 1.89 bits per heavy atom. The second kappa shape index (κ2) is 7.22. The largest absolute Gasteiger partial charge is 0.389 e. The van der Waals surface area contributed by atoms with Gasteiger partial charge in [-0.1, -0.05) is 13.8 Å². The van der Waals surface area contributed by atoms with Crippen LogP contribution < -0.4 is 10.6 Å². The van der Waals surface area contributed by atoms with Crippen molar-refractivity contribution in [1.82, 2.24) is 10.6 Å². The van der Waals surface area contributed by atoms with Gasteiger partial charge in [0.2, 0.25) is 5.91 Å². The number of carbonyl (C=O) groups excluding carboxylic acids is 1. The molecule has 0 aromatic heterocycles. The van der Waals surface area contributed by atoms with Crippen LogP contribution in [0.5, 0.6) is 0 Å². The van der Waals surface area contributed by atoms with E-state index < -0.39 is 5.60 Å². The Bertz CT molecular complexity index is 282. The van der Waals surface area contributed by atoms with Crippen LogP contribution in [0.1, 0.15) is 39.5 Å². The van der Waals surface area contributed by atoms with Crippen molar-refractivity contribution in [3.05, 3.63) is 0 Å². The lowest BCUT2D eigenvalue weighted by Crippen LogP contribution is -2.47. The molecule has 5 nitrogen and oxygen atoms in total. The zero-order chi connectivity index (χ0) is 14.4. The predicted molar refractivity (Wildman–Crippen MR) is 75.0 cm³/mol. The molecule has 3 N–H and O–H groups in total. The predicted octanol–water partition coefficient (Wildman–Crippen LogP) is 0.670. The monoisotopic (exact) mass is 272 g/mol. The average molecular weight is 272 g/mol. The van der Waals surface area contributed by atoms with Crippen LogP contribution in [0.25, 0.3) is 0 Å². The second-order valence-corrected chi connectivity index (χ2v) is 6.33. The molecule has 0 aromatic carbocycles. The van der Waals surface area contributed by atoms with Gasteiger partial charge in [-0.05, 0) is 31.1 Å².